The highest BCUT2D eigenvalue weighted by Crippen LogP contribution is 2.34. The molecule has 2 aromatic carbocycles. The molecular formula is C24H27ClFN3OS. The number of anilines is 1. The van der Waals surface area contributed by atoms with Crippen LogP contribution in [0.15, 0.2) is 41.8 Å². The van der Waals surface area contributed by atoms with Crippen molar-refractivity contribution in [2.45, 2.75) is 52.0 Å². The first-order chi connectivity index (χ1) is 15.0. The molecule has 1 saturated carbocycles. The van der Waals surface area contributed by atoms with Gasteiger partial charge in [0.25, 0.3) is 5.91 Å². The van der Waals surface area contributed by atoms with Crippen molar-refractivity contribution in [2.75, 3.05) is 5.73 Å². The van der Waals surface area contributed by atoms with Crippen molar-refractivity contribution >= 4 is 34.5 Å². The van der Waals surface area contributed by atoms with E-state index in [2.05, 4.69) is 10.3 Å². The number of hydrogen-bond acceptors (Lipinski definition) is 4. The molecule has 1 aromatic heterocycles. The molecule has 1 aliphatic carbocycles. The third-order valence-corrected chi connectivity index (χ3v) is 6.38. The Balaban J connectivity index is 0.00000132. The highest BCUT2D eigenvalue weighted by atomic mass is 35.5. The summed E-state index contributed by atoms with van der Waals surface area (Å²) in [5.74, 6) is -0.893. The number of thiazole rings is 1. The molecule has 0 aliphatic heterocycles. The molecule has 1 amide bonds. The van der Waals surface area contributed by atoms with E-state index in [0.717, 1.165) is 31.2 Å². The summed E-state index contributed by atoms with van der Waals surface area (Å²) < 4.78 is 14.3. The summed E-state index contributed by atoms with van der Waals surface area (Å²) in [6.07, 6.45) is 5.29. The molecule has 31 heavy (non-hydrogen) atoms. The molecule has 3 aromatic rings. The van der Waals surface area contributed by atoms with E-state index in [1.165, 1.54) is 23.8 Å². The minimum atomic E-state index is -0.527. The minimum Gasteiger partial charge on any atom is -0.399 e. The van der Waals surface area contributed by atoms with Crippen LogP contribution in [0.1, 0.15) is 56.3 Å². The Morgan fingerprint density at radius 3 is 2.61 bits per heavy atom. The number of rotatable bonds is 4. The predicted molar refractivity (Wildman–Crippen MR) is 128 cm³/mol. The molecule has 0 bridgehead atoms. The lowest BCUT2D eigenvalue weighted by atomic mass is 9.95. The number of carbonyl (C=O) groups excluding carboxylic acids is 1. The maximum atomic E-state index is 14.3. The molecule has 1 fully saturated rings. The lowest BCUT2D eigenvalue weighted by Gasteiger charge is -2.22. The number of nitrogens with two attached hydrogens (primary N) is 1. The van der Waals surface area contributed by atoms with Gasteiger partial charge in [-0.3, -0.25) is 4.79 Å². The molecule has 4 nitrogen and oxygen atoms in total. The van der Waals surface area contributed by atoms with Crippen LogP contribution in [-0.4, -0.2) is 16.9 Å². The van der Waals surface area contributed by atoms with Gasteiger partial charge in [-0.1, -0.05) is 44.7 Å². The zero-order valence-corrected chi connectivity index (χ0v) is 19.3. The molecule has 0 unspecified atom stereocenters. The number of carbonyl (C=O) groups is 1. The number of amides is 1. The highest BCUT2D eigenvalue weighted by molar-refractivity contribution is 7.13. The second kappa shape index (κ2) is 10.7. The molecule has 164 valence electrons. The zero-order valence-electron chi connectivity index (χ0n) is 17.8. The van der Waals surface area contributed by atoms with Crippen LogP contribution < -0.4 is 11.1 Å². The van der Waals surface area contributed by atoms with Crippen molar-refractivity contribution in [2.24, 2.45) is 0 Å². The van der Waals surface area contributed by atoms with E-state index in [9.17, 15) is 9.18 Å². The molecule has 1 aliphatic rings. The number of halogens is 2. The molecule has 0 spiro atoms. The van der Waals surface area contributed by atoms with Gasteiger partial charge in [-0.05, 0) is 49.2 Å². The summed E-state index contributed by atoms with van der Waals surface area (Å²) >= 11 is 7.70. The number of nitrogens with one attached hydrogen (secondary N) is 1. The van der Waals surface area contributed by atoms with Crippen LogP contribution in [0.4, 0.5) is 10.1 Å². The normalized spacial score (nSPS) is 13.9. The van der Waals surface area contributed by atoms with E-state index in [0.29, 0.717) is 27.0 Å². The minimum absolute atomic E-state index is 0.0512. The number of nitrogens with zero attached hydrogens (tertiary/aromatic N) is 1. The lowest BCUT2D eigenvalue weighted by Crippen LogP contribution is -2.36. The van der Waals surface area contributed by atoms with Gasteiger partial charge in [0.15, 0.2) is 0 Å². The maximum Gasteiger partial charge on any atom is 0.254 e. The predicted octanol–water partition coefficient (Wildman–Crippen LogP) is 6.94. The van der Waals surface area contributed by atoms with E-state index in [1.54, 1.807) is 24.3 Å². The molecule has 1 heterocycles. The van der Waals surface area contributed by atoms with Crippen LogP contribution in [-0.2, 0) is 0 Å². The van der Waals surface area contributed by atoms with Gasteiger partial charge in [0.05, 0.1) is 16.3 Å². The van der Waals surface area contributed by atoms with E-state index < -0.39 is 5.82 Å². The van der Waals surface area contributed by atoms with Gasteiger partial charge >= 0.3 is 0 Å². The van der Waals surface area contributed by atoms with Crippen molar-refractivity contribution in [1.82, 2.24) is 10.3 Å². The largest absolute Gasteiger partial charge is 0.399 e. The average molecular weight is 460 g/mol. The summed E-state index contributed by atoms with van der Waals surface area (Å²) in [7, 11) is 0. The number of benzene rings is 2. The Morgan fingerprint density at radius 2 is 1.90 bits per heavy atom. The van der Waals surface area contributed by atoms with E-state index >= 15 is 0 Å². The molecular weight excluding hydrogens is 433 g/mol. The quantitative estimate of drug-likeness (QED) is 0.415. The van der Waals surface area contributed by atoms with Crippen molar-refractivity contribution in [3.05, 3.63) is 58.2 Å². The Morgan fingerprint density at radius 1 is 1.16 bits per heavy atom. The summed E-state index contributed by atoms with van der Waals surface area (Å²) in [4.78, 5) is 17.2. The van der Waals surface area contributed by atoms with Gasteiger partial charge in [-0.15, -0.1) is 11.3 Å². The lowest BCUT2D eigenvalue weighted by molar-refractivity contribution is 0.0923. The van der Waals surface area contributed by atoms with Gasteiger partial charge in [0, 0.05) is 28.2 Å². The smallest absolute Gasteiger partial charge is 0.254 e. The van der Waals surface area contributed by atoms with Crippen LogP contribution in [0.25, 0.3) is 21.8 Å². The summed E-state index contributed by atoms with van der Waals surface area (Å²) in [6, 6.07) is 9.93. The average Bonchev–Trinajstić information content (AvgIpc) is 3.26. The van der Waals surface area contributed by atoms with Crippen LogP contribution in [0.2, 0.25) is 5.02 Å². The Hall–Kier alpha value is -2.44. The Kier molecular flexibility index (Phi) is 8.04. The van der Waals surface area contributed by atoms with Crippen molar-refractivity contribution < 1.29 is 9.18 Å². The van der Waals surface area contributed by atoms with E-state index in [4.69, 9.17) is 17.3 Å². The first kappa shape index (κ1) is 23.2. The van der Waals surface area contributed by atoms with Crippen LogP contribution in [0.5, 0.6) is 0 Å². The molecule has 0 saturated heterocycles. The van der Waals surface area contributed by atoms with Crippen molar-refractivity contribution in [3.8, 4) is 21.8 Å². The fourth-order valence-corrected chi connectivity index (χ4v) is 4.71. The monoisotopic (exact) mass is 459 g/mol. The van der Waals surface area contributed by atoms with Gasteiger partial charge in [-0.2, -0.15) is 0 Å². The Bertz CT molecular complexity index is 1050. The molecule has 0 atom stereocenters. The molecule has 3 N–H and O–H groups in total. The first-order valence-corrected chi connectivity index (χ1v) is 11.9. The molecule has 0 radical (unpaired) electrons. The SMILES string of the molecule is CC.Nc1ccc(-c2csc(-c3ccc(F)c(C(=O)NC4CCCCC4)c3)n2)c(Cl)c1. The standard InChI is InChI=1S/C22H21ClFN3OS.C2H6/c23-18-11-14(25)7-8-16(18)20-12-29-22(27-20)13-6-9-19(24)17(10-13)21(28)26-15-4-2-1-3-5-15;1-2/h6-12,15H,1-5,25H2,(H,26,28);1-2H3. The Labute approximate surface area is 191 Å². The number of hydrogen-bond donors (Lipinski definition) is 2. The summed E-state index contributed by atoms with van der Waals surface area (Å²) in [5, 5.41) is 6.08. The van der Waals surface area contributed by atoms with Crippen molar-refractivity contribution in [3.63, 3.8) is 0 Å². The van der Waals surface area contributed by atoms with Crippen LogP contribution in [0, 0.1) is 5.82 Å². The zero-order chi connectivity index (χ0) is 22.4. The van der Waals surface area contributed by atoms with Gasteiger partial charge in [0.1, 0.15) is 10.8 Å². The first-order valence-electron chi connectivity index (χ1n) is 10.6. The molecule has 4 rings (SSSR count). The van der Waals surface area contributed by atoms with Crippen LogP contribution in [0.3, 0.4) is 0 Å². The van der Waals surface area contributed by atoms with Crippen molar-refractivity contribution in [1.29, 1.82) is 0 Å². The molecule has 7 heteroatoms. The van der Waals surface area contributed by atoms with Crippen LogP contribution >= 0.6 is 22.9 Å². The second-order valence-corrected chi connectivity index (χ2v) is 8.55. The third-order valence-electron chi connectivity index (χ3n) is 5.17. The van der Waals surface area contributed by atoms with E-state index in [1.807, 2.05) is 25.3 Å². The fourth-order valence-electron chi connectivity index (χ4n) is 3.61. The topological polar surface area (TPSA) is 68.0 Å². The summed E-state index contributed by atoms with van der Waals surface area (Å²) in [6.45, 7) is 4.00. The number of aromatic nitrogens is 1. The number of nitrogen functional groups attached to an aromatic ring is 1. The van der Waals surface area contributed by atoms with Gasteiger partial charge in [0.2, 0.25) is 0 Å². The van der Waals surface area contributed by atoms with E-state index in [-0.39, 0.29) is 17.5 Å². The highest BCUT2D eigenvalue weighted by Gasteiger charge is 2.20. The van der Waals surface area contributed by atoms with Gasteiger partial charge < -0.3 is 11.1 Å². The third kappa shape index (κ3) is 5.63. The maximum absolute atomic E-state index is 14.3. The second-order valence-electron chi connectivity index (χ2n) is 7.28. The van der Waals surface area contributed by atoms with Gasteiger partial charge in [-0.25, -0.2) is 9.37 Å². The summed E-state index contributed by atoms with van der Waals surface area (Å²) in [5.41, 5.74) is 8.58. The fraction of sp³-hybridized carbons (Fsp3) is 0.333.